The monoisotopic (exact) mass is 362 g/mol. The molecular formula is C17H17ClN3O2S+. The summed E-state index contributed by atoms with van der Waals surface area (Å²) >= 11 is 7.77. The number of ether oxygens (including phenoxy) is 1. The maximum atomic E-state index is 12.6. The second-order valence-electron chi connectivity index (χ2n) is 5.86. The van der Waals surface area contributed by atoms with E-state index in [1.807, 2.05) is 29.6 Å². The fourth-order valence-corrected chi connectivity index (χ4v) is 4.22. The van der Waals surface area contributed by atoms with Crippen LogP contribution in [0.5, 0.6) is 0 Å². The number of nitrogens with one attached hydrogen (secondary N) is 2. The number of quaternary nitrogens is 1. The highest BCUT2D eigenvalue weighted by atomic mass is 35.5. The molecule has 4 rings (SSSR count). The van der Waals surface area contributed by atoms with Crippen molar-refractivity contribution in [3.05, 3.63) is 50.8 Å². The molecule has 3 aromatic rings. The molecule has 5 nitrogen and oxygen atoms in total. The zero-order valence-corrected chi connectivity index (χ0v) is 14.5. The van der Waals surface area contributed by atoms with Gasteiger partial charge in [0.1, 0.15) is 24.5 Å². The van der Waals surface area contributed by atoms with Crippen LogP contribution in [0.3, 0.4) is 0 Å². The number of thiophene rings is 1. The third-order valence-electron chi connectivity index (χ3n) is 4.27. The minimum absolute atomic E-state index is 0.0983. The lowest BCUT2D eigenvalue weighted by Gasteiger charge is -2.23. The van der Waals surface area contributed by atoms with Gasteiger partial charge in [0.05, 0.1) is 18.6 Å². The van der Waals surface area contributed by atoms with Gasteiger partial charge >= 0.3 is 0 Å². The van der Waals surface area contributed by atoms with Crippen LogP contribution in [0.2, 0.25) is 5.02 Å². The lowest BCUT2D eigenvalue weighted by molar-refractivity contribution is -0.922. The van der Waals surface area contributed by atoms with Gasteiger partial charge in [0.2, 0.25) is 0 Å². The van der Waals surface area contributed by atoms with E-state index in [1.54, 1.807) is 0 Å². The zero-order chi connectivity index (χ0) is 16.5. The highest BCUT2D eigenvalue weighted by molar-refractivity contribution is 7.17. The summed E-state index contributed by atoms with van der Waals surface area (Å²) in [6.07, 6.45) is 0. The summed E-state index contributed by atoms with van der Waals surface area (Å²) in [5.74, 6) is 0.733. The molecule has 0 unspecified atom stereocenters. The predicted octanol–water partition coefficient (Wildman–Crippen LogP) is 1.72. The van der Waals surface area contributed by atoms with E-state index in [0.29, 0.717) is 17.0 Å². The van der Waals surface area contributed by atoms with Crippen LogP contribution in [-0.2, 0) is 11.3 Å². The molecule has 0 atom stereocenters. The number of nitrogens with zero attached hydrogens (tertiary/aromatic N) is 1. The van der Waals surface area contributed by atoms with E-state index in [0.717, 1.165) is 48.1 Å². The molecule has 0 radical (unpaired) electrons. The van der Waals surface area contributed by atoms with Gasteiger partial charge in [0, 0.05) is 21.5 Å². The molecule has 1 aromatic carbocycles. The quantitative estimate of drug-likeness (QED) is 0.746. The first-order valence-electron chi connectivity index (χ1n) is 7.89. The molecule has 1 saturated heterocycles. The van der Waals surface area contributed by atoms with Crippen LogP contribution in [0.4, 0.5) is 0 Å². The second kappa shape index (κ2) is 6.64. The molecule has 2 N–H and O–H groups in total. The molecule has 0 bridgehead atoms. The highest BCUT2D eigenvalue weighted by Crippen LogP contribution is 2.34. The van der Waals surface area contributed by atoms with Gasteiger partial charge in [-0.3, -0.25) is 4.79 Å². The van der Waals surface area contributed by atoms with Crippen molar-refractivity contribution in [2.75, 3.05) is 26.3 Å². The highest BCUT2D eigenvalue weighted by Gasteiger charge is 2.18. The molecule has 3 heterocycles. The van der Waals surface area contributed by atoms with Crippen molar-refractivity contribution < 1.29 is 9.64 Å². The normalized spacial score (nSPS) is 15.9. The Hall–Kier alpha value is -1.73. The Labute approximate surface area is 147 Å². The molecule has 0 spiro atoms. The number of benzene rings is 1. The number of fused-ring (bicyclic) bond motifs is 1. The van der Waals surface area contributed by atoms with Crippen molar-refractivity contribution >= 4 is 33.2 Å². The Balaban J connectivity index is 1.73. The van der Waals surface area contributed by atoms with Gasteiger partial charge in [-0.2, -0.15) is 0 Å². The van der Waals surface area contributed by atoms with Crippen molar-refractivity contribution in [1.29, 1.82) is 0 Å². The van der Waals surface area contributed by atoms with Crippen LogP contribution >= 0.6 is 22.9 Å². The molecule has 0 saturated carbocycles. The summed E-state index contributed by atoms with van der Waals surface area (Å²) in [5.41, 5.74) is 1.61. The van der Waals surface area contributed by atoms with Crippen LogP contribution in [0.15, 0.2) is 34.4 Å². The number of aromatic amines is 1. The van der Waals surface area contributed by atoms with Crippen molar-refractivity contribution in [3.8, 4) is 11.1 Å². The summed E-state index contributed by atoms with van der Waals surface area (Å²) in [5, 5.41) is 3.21. The third-order valence-corrected chi connectivity index (χ3v) is 5.48. The van der Waals surface area contributed by atoms with Gasteiger partial charge in [-0.25, -0.2) is 4.98 Å². The van der Waals surface area contributed by atoms with Crippen molar-refractivity contribution in [3.63, 3.8) is 0 Å². The number of hydrogen-bond donors (Lipinski definition) is 2. The Morgan fingerprint density at radius 1 is 1.25 bits per heavy atom. The minimum Gasteiger partial charge on any atom is -0.370 e. The van der Waals surface area contributed by atoms with Gasteiger partial charge in [0.25, 0.3) is 5.56 Å². The Morgan fingerprint density at radius 3 is 2.83 bits per heavy atom. The number of morpholine rings is 1. The topological polar surface area (TPSA) is 59.4 Å². The third kappa shape index (κ3) is 2.98. The van der Waals surface area contributed by atoms with Crippen LogP contribution in [0, 0.1) is 0 Å². The summed E-state index contributed by atoms with van der Waals surface area (Å²) in [7, 11) is 0. The average Bonchev–Trinajstić information content (AvgIpc) is 3.00. The van der Waals surface area contributed by atoms with Gasteiger partial charge in [0.15, 0.2) is 5.82 Å². The van der Waals surface area contributed by atoms with Gasteiger partial charge < -0.3 is 14.6 Å². The minimum atomic E-state index is -0.0983. The molecule has 1 aliphatic rings. The molecule has 124 valence electrons. The predicted molar refractivity (Wildman–Crippen MR) is 95.9 cm³/mol. The Bertz CT molecular complexity index is 931. The van der Waals surface area contributed by atoms with Crippen molar-refractivity contribution in [2.24, 2.45) is 0 Å². The molecule has 7 heteroatoms. The first-order valence-corrected chi connectivity index (χ1v) is 9.15. The molecule has 24 heavy (non-hydrogen) atoms. The molecule has 0 amide bonds. The molecular weight excluding hydrogens is 346 g/mol. The van der Waals surface area contributed by atoms with E-state index < -0.39 is 0 Å². The molecule has 0 aliphatic carbocycles. The van der Waals surface area contributed by atoms with E-state index in [2.05, 4.69) is 9.97 Å². The number of halogens is 1. The van der Waals surface area contributed by atoms with Crippen molar-refractivity contribution in [2.45, 2.75) is 6.54 Å². The molecule has 2 aromatic heterocycles. The molecule has 1 fully saturated rings. The average molecular weight is 363 g/mol. The SMILES string of the molecule is O=c1[nH]c(C[NH+]2CCOCC2)nc2scc(-c3ccccc3Cl)c12. The fraction of sp³-hybridized carbons (Fsp3) is 0.294. The van der Waals surface area contributed by atoms with Crippen LogP contribution in [0.1, 0.15) is 5.82 Å². The standard InChI is InChI=1S/C17H16ClN3O2S/c18-13-4-2-1-3-11(13)12-10-24-17-15(12)16(22)19-14(20-17)9-21-5-7-23-8-6-21/h1-4,10H,5-9H2,(H,19,20,22)/p+1. The summed E-state index contributed by atoms with van der Waals surface area (Å²) < 4.78 is 5.37. The number of aromatic nitrogens is 2. The van der Waals surface area contributed by atoms with Crippen LogP contribution in [0.25, 0.3) is 21.3 Å². The second-order valence-corrected chi connectivity index (χ2v) is 7.13. The summed E-state index contributed by atoms with van der Waals surface area (Å²) in [6.45, 7) is 4.12. The maximum Gasteiger partial charge on any atom is 0.260 e. The maximum absolute atomic E-state index is 12.6. The van der Waals surface area contributed by atoms with E-state index in [9.17, 15) is 4.79 Å². The van der Waals surface area contributed by atoms with Gasteiger partial charge in [-0.15, -0.1) is 11.3 Å². The first-order chi connectivity index (χ1) is 11.7. The van der Waals surface area contributed by atoms with Crippen LogP contribution in [-0.4, -0.2) is 36.3 Å². The number of rotatable bonds is 3. The van der Waals surface area contributed by atoms with Crippen LogP contribution < -0.4 is 10.5 Å². The Kier molecular flexibility index (Phi) is 4.37. The fourth-order valence-electron chi connectivity index (χ4n) is 3.03. The summed E-state index contributed by atoms with van der Waals surface area (Å²) in [4.78, 5) is 22.4. The van der Waals surface area contributed by atoms with E-state index in [-0.39, 0.29) is 5.56 Å². The van der Waals surface area contributed by atoms with E-state index in [4.69, 9.17) is 16.3 Å². The zero-order valence-electron chi connectivity index (χ0n) is 13.0. The molecule has 1 aliphatic heterocycles. The van der Waals surface area contributed by atoms with E-state index >= 15 is 0 Å². The lowest BCUT2D eigenvalue weighted by atomic mass is 10.1. The number of H-pyrrole nitrogens is 1. The lowest BCUT2D eigenvalue weighted by Crippen LogP contribution is -3.12. The number of hydrogen-bond acceptors (Lipinski definition) is 4. The van der Waals surface area contributed by atoms with E-state index in [1.165, 1.54) is 16.2 Å². The summed E-state index contributed by atoms with van der Waals surface area (Å²) in [6, 6.07) is 7.56. The largest absolute Gasteiger partial charge is 0.370 e. The smallest absolute Gasteiger partial charge is 0.260 e. The first kappa shape index (κ1) is 15.8. The van der Waals surface area contributed by atoms with Crippen molar-refractivity contribution in [1.82, 2.24) is 9.97 Å². The Morgan fingerprint density at radius 2 is 2.04 bits per heavy atom. The van der Waals surface area contributed by atoms with Gasteiger partial charge in [-0.1, -0.05) is 29.8 Å². The van der Waals surface area contributed by atoms with Gasteiger partial charge in [-0.05, 0) is 6.07 Å².